The van der Waals surface area contributed by atoms with Gasteiger partial charge >= 0.3 is 5.97 Å². The van der Waals surface area contributed by atoms with E-state index in [1.807, 2.05) is 71.2 Å². The first kappa shape index (κ1) is 18.2. The number of carbonyl (C=O) groups excluding carboxylic acids is 1. The average molecular weight is 392 g/mol. The molecule has 1 aliphatic heterocycles. The predicted molar refractivity (Wildman–Crippen MR) is 110 cm³/mol. The van der Waals surface area contributed by atoms with Crippen LogP contribution in [0.1, 0.15) is 33.8 Å². The van der Waals surface area contributed by atoms with E-state index in [9.17, 15) is 4.79 Å². The molecule has 1 N–H and O–H groups in total. The van der Waals surface area contributed by atoms with Crippen molar-refractivity contribution in [2.45, 2.75) is 12.1 Å². The normalized spacial score (nSPS) is 18.8. The highest BCUT2D eigenvalue weighted by Gasteiger charge is 2.39. The number of nitrogens with one attached hydrogen (secondary N) is 1. The van der Waals surface area contributed by atoms with Crippen LogP contribution < -0.4 is 5.32 Å². The van der Waals surface area contributed by atoms with Crippen LogP contribution in [0.4, 0.5) is 0 Å². The first-order valence-corrected chi connectivity index (χ1v) is 9.32. The van der Waals surface area contributed by atoms with Crippen LogP contribution in [0.3, 0.4) is 0 Å². The SMILES string of the molecule is COC(=O)c1ccccc1-n1cccc1[C@@H]1[C@H](c2ccccn2)NC(=S)N1C. The number of carbonyl (C=O) groups is 1. The molecule has 3 aromatic rings. The zero-order valence-corrected chi connectivity index (χ0v) is 16.4. The van der Waals surface area contributed by atoms with Crippen molar-refractivity contribution in [2.75, 3.05) is 14.2 Å². The van der Waals surface area contributed by atoms with E-state index in [4.69, 9.17) is 17.0 Å². The molecule has 0 saturated carbocycles. The lowest BCUT2D eigenvalue weighted by Crippen LogP contribution is -2.26. The molecule has 0 aliphatic carbocycles. The van der Waals surface area contributed by atoms with Gasteiger partial charge in [0.25, 0.3) is 0 Å². The fraction of sp³-hybridized carbons (Fsp3) is 0.190. The molecule has 142 valence electrons. The van der Waals surface area contributed by atoms with Crippen molar-refractivity contribution in [1.82, 2.24) is 19.8 Å². The fourth-order valence-electron chi connectivity index (χ4n) is 3.65. The Bertz CT molecular complexity index is 1020. The third-order valence-electron chi connectivity index (χ3n) is 4.99. The molecule has 0 spiro atoms. The third-order valence-corrected chi connectivity index (χ3v) is 5.40. The Morgan fingerprint density at radius 3 is 2.68 bits per heavy atom. The van der Waals surface area contributed by atoms with E-state index < -0.39 is 0 Å². The molecule has 2 aromatic heterocycles. The minimum atomic E-state index is -0.370. The van der Waals surface area contributed by atoms with E-state index in [2.05, 4.69) is 10.3 Å². The molecule has 4 rings (SSSR count). The summed E-state index contributed by atoms with van der Waals surface area (Å²) < 4.78 is 6.98. The van der Waals surface area contributed by atoms with Crippen molar-refractivity contribution >= 4 is 23.3 Å². The van der Waals surface area contributed by atoms with Crippen LogP contribution in [-0.4, -0.2) is 39.7 Å². The van der Waals surface area contributed by atoms with E-state index in [0.717, 1.165) is 17.1 Å². The summed E-state index contributed by atoms with van der Waals surface area (Å²) in [7, 11) is 3.35. The Balaban J connectivity index is 1.83. The van der Waals surface area contributed by atoms with Gasteiger partial charge in [-0.25, -0.2) is 4.79 Å². The Morgan fingerprint density at radius 2 is 1.93 bits per heavy atom. The van der Waals surface area contributed by atoms with Gasteiger partial charge in [0.15, 0.2) is 5.11 Å². The molecule has 1 saturated heterocycles. The number of hydrogen-bond donors (Lipinski definition) is 1. The number of rotatable bonds is 4. The van der Waals surface area contributed by atoms with E-state index in [-0.39, 0.29) is 18.1 Å². The number of likely N-dealkylation sites (N-methyl/N-ethyl adjacent to an activating group) is 1. The molecule has 3 heterocycles. The molecule has 0 bridgehead atoms. The van der Waals surface area contributed by atoms with Crippen LogP contribution in [0.5, 0.6) is 0 Å². The van der Waals surface area contributed by atoms with Gasteiger partial charge in [0.05, 0.1) is 36.1 Å². The molecule has 0 radical (unpaired) electrons. The van der Waals surface area contributed by atoms with Gasteiger partial charge in [-0.2, -0.15) is 0 Å². The summed E-state index contributed by atoms with van der Waals surface area (Å²) in [6, 6.07) is 17.1. The van der Waals surface area contributed by atoms with Crippen LogP contribution >= 0.6 is 12.2 Å². The summed E-state index contributed by atoms with van der Waals surface area (Å²) in [6.45, 7) is 0. The molecule has 2 atom stereocenters. The molecule has 0 amide bonds. The minimum Gasteiger partial charge on any atom is -0.465 e. The van der Waals surface area contributed by atoms with Gasteiger partial charge in [0, 0.05) is 25.1 Å². The maximum atomic E-state index is 12.3. The van der Waals surface area contributed by atoms with Crippen molar-refractivity contribution in [1.29, 1.82) is 0 Å². The van der Waals surface area contributed by atoms with Crippen LogP contribution in [0.2, 0.25) is 0 Å². The summed E-state index contributed by atoms with van der Waals surface area (Å²) in [5.41, 5.74) is 3.18. The van der Waals surface area contributed by atoms with Crippen molar-refractivity contribution in [3.05, 3.63) is 83.9 Å². The second-order valence-electron chi connectivity index (χ2n) is 6.55. The van der Waals surface area contributed by atoms with E-state index in [1.165, 1.54) is 7.11 Å². The Hall–Kier alpha value is -3.19. The lowest BCUT2D eigenvalue weighted by Gasteiger charge is -2.26. The van der Waals surface area contributed by atoms with Crippen LogP contribution in [-0.2, 0) is 4.74 Å². The number of esters is 1. The van der Waals surface area contributed by atoms with Gasteiger partial charge in [-0.05, 0) is 48.6 Å². The van der Waals surface area contributed by atoms with Crippen molar-refractivity contribution in [3.63, 3.8) is 0 Å². The standard InChI is InChI=1S/C21H20N4O2S/c1-24-19(18(23-21(24)28)15-9-5-6-12-22-15)17-11-7-13-25(17)16-10-4-3-8-14(16)20(26)27-2/h3-13,18-19H,1-2H3,(H,23,28)/t18-,19+/m0/s1. The summed E-state index contributed by atoms with van der Waals surface area (Å²) in [5.74, 6) is -0.370. The van der Waals surface area contributed by atoms with Gasteiger partial charge in [-0.3, -0.25) is 4.98 Å². The number of methoxy groups -OCH3 is 1. The Morgan fingerprint density at radius 1 is 1.14 bits per heavy atom. The number of para-hydroxylation sites is 1. The topological polar surface area (TPSA) is 59.4 Å². The van der Waals surface area contributed by atoms with Gasteiger partial charge in [-0.1, -0.05) is 18.2 Å². The summed E-state index contributed by atoms with van der Waals surface area (Å²) >= 11 is 5.52. The highest BCUT2D eigenvalue weighted by molar-refractivity contribution is 7.80. The van der Waals surface area contributed by atoms with Gasteiger partial charge < -0.3 is 19.5 Å². The molecular formula is C21H20N4O2S. The lowest BCUT2D eigenvalue weighted by atomic mass is 10.0. The van der Waals surface area contributed by atoms with E-state index >= 15 is 0 Å². The molecule has 1 fully saturated rings. The quantitative estimate of drug-likeness (QED) is 0.543. The van der Waals surface area contributed by atoms with Crippen LogP contribution in [0, 0.1) is 0 Å². The lowest BCUT2D eigenvalue weighted by molar-refractivity contribution is 0.0600. The number of aromatic nitrogens is 2. The number of thiocarbonyl (C=S) groups is 1. The number of hydrogen-bond acceptors (Lipinski definition) is 4. The molecule has 7 heteroatoms. The van der Waals surface area contributed by atoms with Crippen molar-refractivity contribution in [3.8, 4) is 5.69 Å². The molecule has 1 aromatic carbocycles. The first-order chi connectivity index (χ1) is 13.6. The predicted octanol–water partition coefficient (Wildman–Crippen LogP) is 3.26. The van der Waals surface area contributed by atoms with E-state index in [1.54, 1.807) is 12.3 Å². The van der Waals surface area contributed by atoms with Crippen LogP contribution in [0.15, 0.2) is 67.0 Å². The van der Waals surface area contributed by atoms with Gasteiger partial charge in [-0.15, -0.1) is 0 Å². The van der Waals surface area contributed by atoms with Gasteiger partial charge in [0.1, 0.15) is 0 Å². The van der Waals surface area contributed by atoms with Crippen molar-refractivity contribution in [2.24, 2.45) is 0 Å². The largest absolute Gasteiger partial charge is 0.465 e. The first-order valence-electron chi connectivity index (χ1n) is 8.91. The molecular weight excluding hydrogens is 372 g/mol. The second kappa shape index (κ2) is 7.44. The third kappa shape index (κ3) is 3.03. The zero-order chi connectivity index (χ0) is 19.7. The minimum absolute atomic E-state index is 0.0805. The van der Waals surface area contributed by atoms with Crippen LogP contribution in [0.25, 0.3) is 5.69 Å². The summed E-state index contributed by atoms with van der Waals surface area (Å²) in [6.07, 6.45) is 3.73. The number of benzene rings is 1. The maximum absolute atomic E-state index is 12.3. The monoisotopic (exact) mass is 392 g/mol. The molecule has 0 unspecified atom stereocenters. The Labute approximate surface area is 168 Å². The fourth-order valence-corrected chi connectivity index (χ4v) is 3.89. The number of nitrogens with zero attached hydrogens (tertiary/aromatic N) is 3. The Kier molecular flexibility index (Phi) is 4.83. The zero-order valence-electron chi connectivity index (χ0n) is 15.6. The van der Waals surface area contributed by atoms with Crippen molar-refractivity contribution < 1.29 is 9.53 Å². The summed E-state index contributed by atoms with van der Waals surface area (Å²) in [5, 5.41) is 4.04. The van der Waals surface area contributed by atoms with E-state index in [0.29, 0.717) is 10.7 Å². The average Bonchev–Trinajstić information content (AvgIpc) is 3.32. The number of ether oxygens (including phenoxy) is 1. The molecule has 6 nitrogen and oxygen atoms in total. The maximum Gasteiger partial charge on any atom is 0.339 e. The van der Waals surface area contributed by atoms with Gasteiger partial charge in [0.2, 0.25) is 0 Å². The highest BCUT2D eigenvalue weighted by atomic mass is 32.1. The highest BCUT2D eigenvalue weighted by Crippen LogP contribution is 2.38. The summed E-state index contributed by atoms with van der Waals surface area (Å²) in [4.78, 5) is 18.8. The second-order valence-corrected chi connectivity index (χ2v) is 6.94. The smallest absolute Gasteiger partial charge is 0.339 e. The molecule has 1 aliphatic rings. The number of pyridine rings is 1. The molecule has 28 heavy (non-hydrogen) atoms.